The van der Waals surface area contributed by atoms with Crippen molar-refractivity contribution in [3.8, 4) is 22.8 Å². The fourth-order valence-corrected chi connectivity index (χ4v) is 6.05. The van der Waals surface area contributed by atoms with Gasteiger partial charge < -0.3 is 30.6 Å². The van der Waals surface area contributed by atoms with Crippen LogP contribution in [-0.4, -0.2) is 88.5 Å². The number of hydrogen-bond acceptors (Lipinski definition) is 10. The zero-order chi connectivity index (χ0) is 34.1. The normalized spacial score (nSPS) is 19.2. The molecule has 1 saturated carbocycles. The molecule has 0 bridgehead atoms. The molecule has 4 N–H and O–H groups in total. The number of ether oxygens (including phenoxy) is 3. The Labute approximate surface area is 293 Å². The van der Waals surface area contributed by atoms with E-state index in [2.05, 4.69) is 51.4 Å². The van der Waals surface area contributed by atoms with Gasteiger partial charge in [0.25, 0.3) is 5.88 Å². The van der Waals surface area contributed by atoms with Crippen LogP contribution in [0, 0.1) is 0 Å². The summed E-state index contributed by atoms with van der Waals surface area (Å²) in [6, 6.07) is 5.98. The van der Waals surface area contributed by atoms with E-state index in [0.717, 1.165) is 54.3 Å². The average molecular weight is 700 g/mol. The molecule has 1 aliphatic carbocycles. The van der Waals surface area contributed by atoms with Gasteiger partial charge in [-0.05, 0) is 57.1 Å². The molecule has 0 radical (unpaired) electrons. The van der Waals surface area contributed by atoms with Crippen molar-refractivity contribution >= 4 is 47.7 Å². The second-order valence-electron chi connectivity index (χ2n) is 11.9. The molecule has 1 aliphatic heterocycles. The van der Waals surface area contributed by atoms with Gasteiger partial charge in [-0.15, -0.1) is 5.10 Å². The molecule has 2 unspecified atom stereocenters. The zero-order valence-electron chi connectivity index (χ0n) is 28.5. The van der Waals surface area contributed by atoms with E-state index in [1.807, 2.05) is 41.7 Å². The molecule has 5 rings (SSSR count). The maximum atomic E-state index is 6.39. The molecule has 2 fully saturated rings. The maximum absolute atomic E-state index is 6.39. The number of aliphatic imine (C=N–C) groups is 2. The monoisotopic (exact) mass is 699 g/mol. The Morgan fingerprint density at radius 1 is 1.17 bits per heavy atom. The number of halogens is 1. The summed E-state index contributed by atoms with van der Waals surface area (Å²) in [5.74, 6) is 3.59. The van der Waals surface area contributed by atoms with E-state index in [-0.39, 0.29) is 6.10 Å². The average Bonchev–Trinajstić information content (AvgIpc) is 3.49. The Morgan fingerprint density at radius 3 is 2.58 bits per heavy atom. The molecule has 0 amide bonds. The summed E-state index contributed by atoms with van der Waals surface area (Å²) in [6.45, 7) is 11.3. The van der Waals surface area contributed by atoms with Crippen molar-refractivity contribution in [3.05, 3.63) is 41.8 Å². The first-order valence-electron chi connectivity index (χ1n) is 16.8. The van der Waals surface area contributed by atoms with E-state index in [1.54, 1.807) is 18.5 Å². The molecular weight excluding hydrogens is 650 g/mol. The molecule has 2 aliphatic rings. The molecule has 14 heteroatoms. The van der Waals surface area contributed by atoms with Crippen molar-refractivity contribution in [2.45, 2.75) is 84.2 Å². The Hall–Kier alpha value is -3.39. The first-order valence-corrected chi connectivity index (χ1v) is 18.3. The number of thioether (sulfide) groups is 1. The van der Waals surface area contributed by atoms with E-state index >= 15 is 0 Å². The molecule has 12 nitrogen and oxygen atoms in total. The van der Waals surface area contributed by atoms with Gasteiger partial charge >= 0.3 is 0 Å². The maximum Gasteiger partial charge on any atom is 0.256 e. The van der Waals surface area contributed by atoms with Gasteiger partial charge in [0, 0.05) is 36.8 Å². The first kappa shape index (κ1) is 37.4. The minimum atomic E-state index is -0.202. The van der Waals surface area contributed by atoms with Crippen molar-refractivity contribution in [1.29, 1.82) is 0 Å². The lowest BCUT2D eigenvalue weighted by Gasteiger charge is -2.25. The molecule has 2 aromatic heterocycles. The van der Waals surface area contributed by atoms with Crippen LogP contribution in [0.4, 0.5) is 11.6 Å². The molecule has 3 atom stereocenters. The predicted molar refractivity (Wildman–Crippen MR) is 198 cm³/mol. The van der Waals surface area contributed by atoms with Crippen LogP contribution in [0.15, 0.2) is 46.8 Å². The lowest BCUT2D eigenvalue weighted by Crippen LogP contribution is -2.41. The highest BCUT2D eigenvalue weighted by molar-refractivity contribution is 7.99. The van der Waals surface area contributed by atoms with Crippen LogP contribution >= 0.6 is 23.4 Å². The number of benzene rings is 1. The zero-order valence-corrected chi connectivity index (χ0v) is 30.1. The molecule has 3 heterocycles. The van der Waals surface area contributed by atoms with Crippen LogP contribution in [0.3, 0.4) is 0 Å². The number of nitrogens with one attached hydrogen (secondary N) is 2. The van der Waals surface area contributed by atoms with Gasteiger partial charge in [-0.3, -0.25) is 9.67 Å². The number of nitrogens with two attached hydrogens (primary N) is 1. The number of nitrogens with zero attached hydrogens (tertiary/aromatic N) is 6. The van der Waals surface area contributed by atoms with E-state index in [1.165, 1.54) is 31.9 Å². The summed E-state index contributed by atoms with van der Waals surface area (Å²) >= 11 is 8.23. The highest BCUT2D eigenvalue weighted by Crippen LogP contribution is 2.34. The van der Waals surface area contributed by atoms with Gasteiger partial charge in [0.15, 0.2) is 0 Å². The van der Waals surface area contributed by atoms with Crippen molar-refractivity contribution in [2.24, 2.45) is 15.7 Å². The third-order valence-corrected chi connectivity index (χ3v) is 8.91. The minimum absolute atomic E-state index is 0.202. The molecule has 0 spiro atoms. The second kappa shape index (κ2) is 20.2. The van der Waals surface area contributed by atoms with Crippen LogP contribution in [0.25, 0.3) is 11.1 Å². The molecule has 3 aromatic rings. The minimum Gasteiger partial charge on any atom is -0.487 e. The van der Waals surface area contributed by atoms with Gasteiger partial charge in [-0.25, -0.2) is 15.0 Å². The van der Waals surface area contributed by atoms with E-state index < -0.39 is 0 Å². The smallest absolute Gasteiger partial charge is 0.256 e. The number of morpholine rings is 1. The quantitative estimate of drug-likeness (QED) is 0.0963. The Bertz CT molecular complexity index is 1430. The van der Waals surface area contributed by atoms with Crippen molar-refractivity contribution < 1.29 is 14.2 Å². The predicted octanol–water partition coefficient (Wildman–Crippen LogP) is 6.54. The fourth-order valence-electron chi connectivity index (χ4n) is 5.39. The van der Waals surface area contributed by atoms with Crippen molar-refractivity contribution in [2.75, 3.05) is 43.1 Å². The SMILES string of the molecule is CC1CNCC(C)O1.CCSCCOc1nn(C2CCCCC2)cc1Nc1ncc(-c2ccc(Cl)c(O[C@@H](C)CN=CN=CN)c2)cn1. The number of rotatable bonds is 14. The summed E-state index contributed by atoms with van der Waals surface area (Å²) < 4.78 is 19.5. The summed E-state index contributed by atoms with van der Waals surface area (Å²) in [5.41, 5.74) is 7.71. The summed E-state index contributed by atoms with van der Waals surface area (Å²) in [6.07, 6.45) is 14.8. The van der Waals surface area contributed by atoms with Crippen molar-refractivity contribution in [3.63, 3.8) is 0 Å². The Balaban J connectivity index is 0.000000569. The topological polar surface area (TPSA) is 146 Å². The second-order valence-corrected chi connectivity index (χ2v) is 13.7. The number of anilines is 2. The third-order valence-electron chi connectivity index (χ3n) is 7.73. The molecular formula is C34H50ClN9O3S. The van der Waals surface area contributed by atoms with Crippen LogP contribution in [0.2, 0.25) is 5.02 Å². The van der Waals surface area contributed by atoms with Crippen LogP contribution in [0.1, 0.15) is 65.8 Å². The van der Waals surface area contributed by atoms with Gasteiger partial charge in [-0.2, -0.15) is 11.8 Å². The Kier molecular flexibility index (Phi) is 15.8. The van der Waals surface area contributed by atoms with E-state index in [9.17, 15) is 0 Å². The Morgan fingerprint density at radius 2 is 1.92 bits per heavy atom. The standard InChI is InChI=1S/C28H37ClN8O2S.C6H13NO/c1-3-40-12-11-38-27-25(17-37(36-27)23-7-5-4-6-8-23)35-28-33-15-22(16-34-28)21-9-10-24(29)26(13-21)39-20(2)14-31-19-32-18-30;1-5-3-7-4-6(2)8-5/h9-10,13,15-20,23H,3-8,11-12,14H2,1-2H3,(H2,30,31,32)(H,33,34,35);5-7H,3-4H2,1-2H3/t20-;/m0./s1. The molecule has 1 saturated heterocycles. The van der Waals surface area contributed by atoms with Gasteiger partial charge in [-0.1, -0.05) is 43.9 Å². The lowest BCUT2D eigenvalue weighted by atomic mass is 9.96. The molecule has 1 aromatic carbocycles. The molecule has 48 heavy (non-hydrogen) atoms. The van der Waals surface area contributed by atoms with Crippen LogP contribution < -0.4 is 25.8 Å². The number of aromatic nitrogens is 4. The lowest BCUT2D eigenvalue weighted by molar-refractivity contribution is -0.0166. The summed E-state index contributed by atoms with van der Waals surface area (Å²) in [4.78, 5) is 17.0. The van der Waals surface area contributed by atoms with Gasteiger partial charge in [0.2, 0.25) is 5.95 Å². The van der Waals surface area contributed by atoms with E-state index in [4.69, 9.17) is 36.6 Å². The first-order chi connectivity index (χ1) is 23.4. The highest BCUT2D eigenvalue weighted by atomic mass is 35.5. The van der Waals surface area contributed by atoms with Crippen LogP contribution in [-0.2, 0) is 4.74 Å². The fraction of sp³-hybridized carbons (Fsp3) is 0.559. The van der Waals surface area contributed by atoms with Gasteiger partial charge in [0.1, 0.15) is 23.9 Å². The van der Waals surface area contributed by atoms with E-state index in [0.29, 0.717) is 54.0 Å². The molecule has 262 valence electrons. The summed E-state index contributed by atoms with van der Waals surface area (Å²) in [7, 11) is 0. The van der Waals surface area contributed by atoms with Crippen molar-refractivity contribution in [1.82, 2.24) is 25.1 Å². The van der Waals surface area contributed by atoms with Gasteiger partial charge in [0.05, 0.1) is 49.0 Å². The third kappa shape index (κ3) is 12.2. The van der Waals surface area contributed by atoms with Crippen LogP contribution in [0.5, 0.6) is 11.6 Å². The summed E-state index contributed by atoms with van der Waals surface area (Å²) in [5, 5.41) is 11.9. The number of hydrogen-bond donors (Lipinski definition) is 3. The highest BCUT2D eigenvalue weighted by Gasteiger charge is 2.20. The largest absolute Gasteiger partial charge is 0.487 e.